The summed E-state index contributed by atoms with van der Waals surface area (Å²) < 4.78 is 5.23. The second-order valence-electron chi connectivity index (χ2n) is 4.55. The number of ether oxygens (including phenoxy) is 1. The third-order valence-electron chi connectivity index (χ3n) is 3.25. The first kappa shape index (κ1) is 13.5. The van der Waals surface area contributed by atoms with Crippen molar-refractivity contribution in [3.05, 3.63) is 29.6 Å². The lowest BCUT2D eigenvalue weighted by Crippen LogP contribution is -2.34. The number of hydrogen-bond acceptors (Lipinski definition) is 4. The van der Waals surface area contributed by atoms with Crippen LogP contribution in [0.1, 0.15) is 40.2 Å². The van der Waals surface area contributed by atoms with Gasteiger partial charge in [-0.1, -0.05) is 6.07 Å². The maximum Gasteiger partial charge on any atom is 0.354 e. The number of pyridine rings is 1. The van der Waals surface area contributed by atoms with Crippen LogP contribution >= 0.6 is 0 Å². The maximum absolute atomic E-state index is 12.0. The Balaban J connectivity index is 2.00. The lowest BCUT2D eigenvalue weighted by molar-refractivity contribution is 0.0690. The van der Waals surface area contributed by atoms with Crippen molar-refractivity contribution in [3.8, 4) is 0 Å². The van der Waals surface area contributed by atoms with E-state index in [4.69, 9.17) is 9.84 Å². The first-order valence-corrected chi connectivity index (χ1v) is 6.14. The zero-order chi connectivity index (χ0) is 13.8. The monoisotopic (exact) mass is 264 g/mol. The van der Waals surface area contributed by atoms with Gasteiger partial charge in [-0.25, -0.2) is 9.78 Å². The van der Waals surface area contributed by atoms with Crippen LogP contribution in [0.4, 0.5) is 0 Å². The van der Waals surface area contributed by atoms with E-state index in [1.165, 1.54) is 18.2 Å². The van der Waals surface area contributed by atoms with E-state index in [1.807, 2.05) is 0 Å². The van der Waals surface area contributed by atoms with Crippen molar-refractivity contribution in [2.24, 2.45) is 0 Å². The molecule has 2 unspecified atom stereocenters. The van der Waals surface area contributed by atoms with E-state index in [0.29, 0.717) is 0 Å². The molecule has 0 aliphatic heterocycles. The van der Waals surface area contributed by atoms with Crippen molar-refractivity contribution in [2.45, 2.75) is 31.4 Å². The van der Waals surface area contributed by atoms with Gasteiger partial charge in [-0.2, -0.15) is 0 Å². The third-order valence-corrected chi connectivity index (χ3v) is 3.25. The van der Waals surface area contributed by atoms with Crippen LogP contribution in [0.5, 0.6) is 0 Å². The zero-order valence-electron chi connectivity index (χ0n) is 10.6. The average molecular weight is 264 g/mol. The Bertz CT molecular complexity index is 489. The highest BCUT2D eigenvalue weighted by molar-refractivity contribution is 5.94. The molecule has 0 saturated heterocycles. The molecule has 0 aromatic carbocycles. The molecule has 0 spiro atoms. The number of methoxy groups -OCH3 is 1. The number of nitrogens with one attached hydrogen (secondary N) is 1. The fourth-order valence-electron chi connectivity index (χ4n) is 2.22. The summed E-state index contributed by atoms with van der Waals surface area (Å²) in [4.78, 5) is 26.6. The maximum atomic E-state index is 12.0. The van der Waals surface area contributed by atoms with Crippen LogP contribution in [-0.4, -0.2) is 41.2 Å². The fourth-order valence-corrected chi connectivity index (χ4v) is 2.22. The predicted molar refractivity (Wildman–Crippen MR) is 67.1 cm³/mol. The molecule has 0 radical (unpaired) electrons. The van der Waals surface area contributed by atoms with Gasteiger partial charge in [-0.3, -0.25) is 4.79 Å². The summed E-state index contributed by atoms with van der Waals surface area (Å²) in [6, 6.07) is 4.44. The van der Waals surface area contributed by atoms with Crippen molar-refractivity contribution < 1.29 is 19.4 Å². The first-order chi connectivity index (χ1) is 9.10. The minimum atomic E-state index is -1.14. The number of carboxylic acids is 1. The number of rotatable bonds is 4. The largest absolute Gasteiger partial charge is 0.477 e. The van der Waals surface area contributed by atoms with Crippen LogP contribution in [0, 0.1) is 0 Å². The lowest BCUT2D eigenvalue weighted by Gasteiger charge is -2.12. The van der Waals surface area contributed by atoms with Crippen LogP contribution in [-0.2, 0) is 4.74 Å². The smallest absolute Gasteiger partial charge is 0.354 e. The quantitative estimate of drug-likeness (QED) is 0.849. The van der Waals surface area contributed by atoms with Crippen LogP contribution in [0.15, 0.2) is 18.2 Å². The summed E-state index contributed by atoms with van der Waals surface area (Å²) in [7, 11) is 1.66. The highest BCUT2D eigenvalue weighted by Gasteiger charge is 2.26. The standard InChI is InChI=1S/C13H16N2O4/c1-19-9-6-5-8(7-9)14-12(16)10-3-2-4-11(15-10)13(17)18/h2-4,8-9H,5-7H2,1H3,(H,14,16)(H,17,18). The van der Waals surface area contributed by atoms with E-state index in [-0.39, 0.29) is 29.4 Å². The minimum Gasteiger partial charge on any atom is -0.477 e. The molecule has 0 bridgehead atoms. The molecule has 1 aliphatic carbocycles. The molecule has 1 heterocycles. The van der Waals surface area contributed by atoms with Gasteiger partial charge in [0.15, 0.2) is 0 Å². The Hall–Kier alpha value is -1.95. The van der Waals surface area contributed by atoms with E-state index >= 15 is 0 Å². The summed E-state index contributed by atoms with van der Waals surface area (Å²) in [5.74, 6) is -1.49. The van der Waals surface area contributed by atoms with Crippen LogP contribution in [0.25, 0.3) is 0 Å². The fraction of sp³-hybridized carbons (Fsp3) is 0.462. The van der Waals surface area contributed by atoms with Gasteiger partial charge >= 0.3 is 5.97 Å². The molecule has 2 atom stereocenters. The van der Waals surface area contributed by atoms with E-state index in [1.54, 1.807) is 7.11 Å². The molecule has 19 heavy (non-hydrogen) atoms. The Kier molecular flexibility index (Phi) is 4.11. The highest BCUT2D eigenvalue weighted by Crippen LogP contribution is 2.21. The van der Waals surface area contributed by atoms with Crippen LogP contribution < -0.4 is 5.32 Å². The number of aromatic nitrogens is 1. The number of carboxylic acid groups (broad SMARTS) is 1. The van der Waals surface area contributed by atoms with Gasteiger partial charge in [0, 0.05) is 13.2 Å². The molecule has 1 saturated carbocycles. The van der Waals surface area contributed by atoms with Crippen LogP contribution in [0.2, 0.25) is 0 Å². The van der Waals surface area contributed by atoms with Gasteiger partial charge in [0.25, 0.3) is 5.91 Å². The van der Waals surface area contributed by atoms with Gasteiger partial charge in [0.1, 0.15) is 11.4 Å². The van der Waals surface area contributed by atoms with E-state index < -0.39 is 5.97 Å². The lowest BCUT2D eigenvalue weighted by atomic mass is 10.2. The molecule has 1 aliphatic rings. The molecular formula is C13H16N2O4. The summed E-state index contributed by atoms with van der Waals surface area (Å²) in [6.07, 6.45) is 2.75. The second kappa shape index (κ2) is 5.79. The summed E-state index contributed by atoms with van der Waals surface area (Å²) in [5, 5.41) is 11.7. The molecule has 102 valence electrons. The number of amides is 1. The average Bonchev–Trinajstić information content (AvgIpc) is 2.86. The van der Waals surface area contributed by atoms with Gasteiger partial charge in [0.05, 0.1) is 6.10 Å². The van der Waals surface area contributed by atoms with Crippen molar-refractivity contribution >= 4 is 11.9 Å². The molecule has 1 fully saturated rings. The number of carbonyl (C=O) groups is 2. The predicted octanol–water partition coefficient (Wildman–Crippen LogP) is 1.08. The van der Waals surface area contributed by atoms with Crippen molar-refractivity contribution in [1.29, 1.82) is 0 Å². The summed E-state index contributed by atoms with van der Waals surface area (Å²) >= 11 is 0. The summed E-state index contributed by atoms with van der Waals surface area (Å²) in [6.45, 7) is 0. The van der Waals surface area contributed by atoms with Gasteiger partial charge in [-0.05, 0) is 31.4 Å². The van der Waals surface area contributed by atoms with Gasteiger partial charge in [-0.15, -0.1) is 0 Å². The number of aromatic carboxylic acids is 1. The SMILES string of the molecule is COC1CCC(NC(=O)c2cccc(C(=O)O)n2)C1. The van der Waals surface area contributed by atoms with Gasteiger partial charge < -0.3 is 15.2 Å². The molecule has 2 rings (SSSR count). The first-order valence-electron chi connectivity index (χ1n) is 6.14. The molecule has 2 N–H and O–H groups in total. The van der Waals surface area contributed by atoms with E-state index in [0.717, 1.165) is 19.3 Å². The molecule has 6 heteroatoms. The van der Waals surface area contributed by atoms with Crippen molar-refractivity contribution in [2.75, 3.05) is 7.11 Å². The molecule has 1 aromatic heterocycles. The molecular weight excluding hydrogens is 248 g/mol. The summed E-state index contributed by atoms with van der Waals surface area (Å²) in [5.41, 5.74) is -0.00499. The topological polar surface area (TPSA) is 88.5 Å². The Morgan fingerprint density at radius 2 is 2.11 bits per heavy atom. The molecule has 1 aromatic rings. The Morgan fingerprint density at radius 3 is 2.74 bits per heavy atom. The number of hydrogen-bond donors (Lipinski definition) is 2. The Morgan fingerprint density at radius 1 is 1.37 bits per heavy atom. The van der Waals surface area contributed by atoms with Crippen LogP contribution in [0.3, 0.4) is 0 Å². The molecule has 1 amide bonds. The normalized spacial score (nSPS) is 22.2. The Labute approximate surface area is 110 Å². The van der Waals surface area contributed by atoms with Crippen molar-refractivity contribution in [3.63, 3.8) is 0 Å². The second-order valence-corrected chi connectivity index (χ2v) is 4.55. The van der Waals surface area contributed by atoms with Crippen molar-refractivity contribution in [1.82, 2.24) is 10.3 Å². The zero-order valence-corrected chi connectivity index (χ0v) is 10.6. The van der Waals surface area contributed by atoms with E-state index in [9.17, 15) is 9.59 Å². The third kappa shape index (κ3) is 3.29. The van der Waals surface area contributed by atoms with E-state index in [2.05, 4.69) is 10.3 Å². The highest BCUT2D eigenvalue weighted by atomic mass is 16.5. The number of nitrogens with zero attached hydrogens (tertiary/aromatic N) is 1. The molecule has 6 nitrogen and oxygen atoms in total. The van der Waals surface area contributed by atoms with Gasteiger partial charge in [0.2, 0.25) is 0 Å². The minimum absolute atomic E-state index is 0.0627. The number of carbonyl (C=O) groups excluding carboxylic acids is 1.